The molecule has 3 rings (SSSR count). The highest BCUT2D eigenvalue weighted by Crippen LogP contribution is 2.23. The molecule has 0 saturated heterocycles. The lowest BCUT2D eigenvalue weighted by atomic mass is 10.1. The average Bonchev–Trinajstić information content (AvgIpc) is 3.25. The molecule has 0 spiro atoms. The van der Waals surface area contributed by atoms with E-state index in [2.05, 4.69) is 14.8 Å². The number of rotatable bonds is 6. The topological polar surface area (TPSA) is 97.6 Å². The minimum atomic E-state index is -3.80. The number of sulfonamides is 1. The van der Waals surface area contributed by atoms with E-state index in [9.17, 15) is 13.2 Å². The fraction of sp³-hybridized carbons (Fsp3) is 0.353. The van der Waals surface area contributed by atoms with E-state index >= 15 is 0 Å². The molecule has 7 nitrogen and oxygen atoms in total. The van der Waals surface area contributed by atoms with Gasteiger partial charge in [-0.05, 0) is 16.7 Å². The number of nitrogens with one attached hydrogen (secondary N) is 2. The third kappa shape index (κ3) is 4.09. The van der Waals surface area contributed by atoms with E-state index in [-0.39, 0.29) is 35.4 Å². The van der Waals surface area contributed by atoms with Crippen LogP contribution in [0.4, 0.5) is 0 Å². The van der Waals surface area contributed by atoms with Crippen molar-refractivity contribution in [3.8, 4) is 0 Å². The maximum atomic E-state index is 12.6. The molecule has 2 N–H and O–H groups in total. The number of methoxy groups -OCH3 is 1. The SMILES string of the molecule is CCc1oc(C(=O)OC)cc1S(=O)(=O)NCc1ccc2c(c1)CNC2.Cl. The fourth-order valence-corrected chi connectivity index (χ4v) is 4.06. The molecule has 9 heteroatoms. The third-order valence-corrected chi connectivity index (χ3v) is 5.58. The molecule has 142 valence electrons. The van der Waals surface area contributed by atoms with Crippen LogP contribution in [0.25, 0.3) is 0 Å². The number of hydrogen-bond donors (Lipinski definition) is 2. The molecule has 0 amide bonds. The summed E-state index contributed by atoms with van der Waals surface area (Å²) in [5.74, 6) is -0.600. The first kappa shape index (κ1) is 20.4. The Morgan fingerprint density at radius 2 is 2.00 bits per heavy atom. The molecule has 0 radical (unpaired) electrons. The molecule has 0 aliphatic carbocycles. The van der Waals surface area contributed by atoms with Gasteiger partial charge in [-0.15, -0.1) is 12.4 Å². The van der Waals surface area contributed by atoms with Crippen LogP contribution in [0.1, 0.15) is 39.9 Å². The normalized spacial score (nSPS) is 13.2. The van der Waals surface area contributed by atoms with Crippen molar-refractivity contribution in [3.63, 3.8) is 0 Å². The van der Waals surface area contributed by atoms with E-state index in [1.807, 2.05) is 18.2 Å². The number of aryl methyl sites for hydroxylation is 1. The molecule has 0 unspecified atom stereocenters. The zero-order valence-electron chi connectivity index (χ0n) is 14.5. The van der Waals surface area contributed by atoms with Gasteiger partial charge in [0.15, 0.2) is 0 Å². The van der Waals surface area contributed by atoms with Crippen LogP contribution < -0.4 is 10.0 Å². The number of hydrogen-bond acceptors (Lipinski definition) is 6. The van der Waals surface area contributed by atoms with E-state index < -0.39 is 16.0 Å². The first-order valence-electron chi connectivity index (χ1n) is 7.96. The van der Waals surface area contributed by atoms with Gasteiger partial charge in [-0.1, -0.05) is 25.1 Å². The molecule has 0 bridgehead atoms. The average molecular weight is 401 g/mol. The second-order valence-corrected chi connectivity index (χ2v) is 7.51. The van der Waals surface area contributed by atoms with E-state index in [0.29, 0.717) is 6.42 Å². The highest BCUT2D eigenvalue weighted by atomic mass is 35.5. The Morgan fingerprint density at radius 3 is 2.69 bits per heavy atom. The van der Waals surface area contributed by atoms with Gasteiger partial charge in [-0.3, -0.25) is 0 Å². The number of esters is 1. The van der Waals surface area contributed by atoms with Crippen LogP contribution in [-0.2, 0) is 40.8 Å². The highest BCUT2D eigenvalue weighted by Gasteiger charge is 2.25. The number of carbonyl (C=O) groups excluding carboxylic acids is 1. The molecule has 0 saturated carbocycles. The van der Waals surface area contributed by atoms with Crippen molar-refractivity contribution in [2.75, 3.05) is 7.11 Å². The summed E-state index contributed by atoms with van der Waals surface area (Å²) in [5, 5.41) is 3.25. The summed E-state index contributed by atoms with van der Waals surface area (Å²) in [4.78, 5) is 11.5. The van der Waals surface area contributed by atoms with Crippen molar-refractivity contribution >= 4 is 28.4 Å². The summed E-state index contributed by atoms with van der Waals surface area (Å²) in [5.41, 5.74) is 3.29. The second-order valence-electron chi connectivity index (χ2n) is 5.77. The van der Waals surface area contributed by atoms with E-state index in [1.165, 1.54) is 24.3 Å². The number of halogens is 1. The molecule has 1 aliphatic rings. The van der Waals surface area contributed by atoms with Crippen LogP contribution >= 0.6 is 12.4 Å². The Morgan fingerprint density at radius 1 is 1.27 bits per heavy atom. The van der Waals surface area contributed by atoms with Gasteiger partial charge in [0.05, 0.1) is 7.11 Å². The molecule has 1 aromatic carbocycles. The van der Waals surface area contributed by atoms with E-state index in [0.717, 1.165) is 18.7 Å². The minimum absolute atomic E-state index is 0. The van der Waals surface area contributed by atoms with Crippen LogP contribution in [0.2, 0.25) is 0 Å². The van der Waals surface area contributed by atoms with Crippen molar-refractivity contribution in [3.05, 3.63) is 52.5 Å². The zero-order chi connectivity index (χ0) is 18.0. The number of benzene rings is 1. The molecule has 2 aromatic rings. The van der Waals surface area contributed by atoms with Gasteiger partial charge in [0.2, 0.25) is 15.8 Å². The monoisotopic (exact) mass is 400 g/mol. The van der Waals surface area contributed by atoms with E-state index in [1.54, 1.807) is 6.92 Å². The summed E-state index contributed by atoms with van der Waals surface area (Å²) in [6.45, 7) is 3.55. The molecule has 1 aliphatic heterocycles. The van der Waals surface area contributed by atoms with Gasteiger partial charge in [0.1, 0.15) is 10.7 Å². The Bertz CT molecular complexity index is 908. The lowest BCUT2D eigenvalue weighted by molar-refractivity contribution is 0.0563. The second kappa shape index (κ2) is 8.22. The molecular weight excluding hydrogens is 380 g/mol. The Kier molecular flexibility index (Phi) is 6.46. The van der Waals surface area contributed by atoms with E-state index in [4.69, 9.17) is 4.42 Å². The quantitative estimate of drug-likeness (QED) is 0.721. The Hall–Kier alpha value is -1.87. The smallest absolute Gasteiger partial charge is 0.373 e. The van der Waals surface area contributed by atoms with Crippen LogP contribution in [0.3, 0.4) is 0 Å². The largest absolute Gasteiger partial charge is 0.463 e. The van der Waals surface area contributed by atoms with Crippen molar-refractivity contribution in [1.29, 1.82) is 0 Å². The van der Waals surface area contributed by atoms with Gasteiger partial charge in [0.25, 0.3) is 0 Å². The lowest BCUT2D eigenvalue weighted by Gasteiger charge is -2.08. The molecule has 1 aromatic heterocycles. The Balaban J connectivity index is 0.00000243. The molecule has 0 fully saturated rings. The van der Waals surface area contributed by atoms with Crippen molar-refractivity contribution in [2.24, 2.45) is 0 Å². The van der Waals surface area contributed by atoms with Gasteiger partial charge >= 0.3 is 5.97 Å². The zero-order valence-corrected chi connectivity index (χ0v) is 16.1. The number of fused-ring (bicyclic) bond motifs is 1. The fourth-order valence-electron chi connectivity index (χ4n) is 2.80. The predicted molar refractivity (Wildman–Crippen MR) is 97.7 cm³/mol. The van der Waals surface area contributed by atoms with Crippen LogP contribution in [0, 0.1) is 0 Å². The van der Waals surface area contributed by atoms with Crippen molar-refractivity contribution in [2.45, 2.75) is 37.9 Å². The summed E-state index contributed by atoms with van der Waals surface area (Å²) in [6.07, 6.45) is 0.345. The molecule has 26 heavy (non-hydrogen) atoms. The van der Waals surface area contributed by atoms with Crippen LogP contribution in [-0.4, -0.2) is 21.5 Å². The van der Waals surface area contributed by atoms with Gasteiger partial charge in [0, 0.05) is 32.1 Å². The maximum Gasteiger partial charge on any atom is 0.373 e. The highest BCUT2D eigenvalue weighted by molar-refractivity contribution is 7.89. The van der Waals surface area contributed by atoms with Crippen molar-refractivity contribution in [1.82, 2.24) is 10.0 Å². The molecule has 0 atom stereocenters. The first-order chi connectivity index (χ1) is 11.9. The third-order valence-electron chi connectivity index (χ3n) is 4.14. The summed E-state index contributed by atoms with van der Waals surface area (Å²) in [6, 6.07) is 7.11. The first-order valence-corrected chi connectivity index (χ1v) is 9.45. The molecular formula is C17H21ClN2O5S. The summed E-state index contributed by atoms with van der Waals surface area (Å²) >= 11 is 0. The lowest BCUT2D eigenvalue weighted by Crippen LogP contribution is -2.23. The predicted octanol–water partition coefficient (Wildman–Crippen LogP) is 2.13. The maximum absolute atomic E-state index is 12.6. The van der Waals surface area contributed by atoms with Crippen LogP contribution in [0.5, 0.6) is 0 Å². The van der Waals surface area contributed by atoms with Gasteiger partial charge in [-0.2, -0.15) is 0 Å². The minimum Gasteiger partial charge on any atom is -0.463 e. The number of carbonyl (C=O) groups is 1. The summed E-state index contributed by atoms with van der Waals surface area (Å²) in [7, 11) is -2.59. The Labute approximate surface area is 158 Å². The number of ether oxygens (including phenoxy) is 1. The van der Waals surface area contributed by atoms with Crippen molar-refractivity contribution < 1.29 is 22.4 Å². The summed E-state index contributed by atoms with van der Waals surface area (Å²) < 4.78 is 37.7. The van der Waals surface area contributed by atoms with Gasteiger partial charge in [-0.25, -0.2) is 17.9 Å². The molecule has 2 heterocycles. The standard InChI is InChI=1S/C17H20N2O5S.ClH/c1-3-14-16(7-15(24-14)17(20)23-2)25(21,22)19-8-11-4-5-12-9-18-10-13(12)6-11;/h4-7,18-19H,3,8-10H2,1-2H3;1H. The van der Waals surface area contributed by atoms with Crippen LogP contribution in [0.15, 0.2) is 33.6 Å². The van der Waals surface area contributed by atoms with Gasteiger partial charge < -0.3 is 14.5 Å². The number of furan rings is 1.